The first-order chi connectivity index (χ1) is 7.22. The van der Waals surface area contributed by atoms with E-state index in [2.05, 4.69) is 18.7 Å². The zero-order valence-electron chi connectivity index (χ0n) is 9.98. The molecule has 1 aliphatic carbocycles. The minimum absolute atomic E-state index is 0.371. The van der Waals surface area contributed by atoms with E-state index in [0.717, 1.165) is 25.6 Å². The molecule has 3 heteroatoms. The van der Waals surface area contributed by atoms with E-state index in [0.29, 0.717) is 18.2 Å². The Hall–Kier alpha value is -0.120. The minimum Gasteiger partial charge on any atom is -0.376 e. The van der Waals surface area contributed by atoms with Crippen LogP contribution in [0.15, 0.2) is 0 Å². The Morgan fingerprint density at radius 1 is 1.40 bits per heavy atom. The van der Waals surface area contributed by atoms with Gasteiger partial charge >= 0.3 is 0 Å². The van der Waals surface area contributed by atoms with Crippen LogP contribution in [-0.4, -0.2) is 42.8 Å². The van der Waals surface area contributed by atoms with Crippen LogP contribution in [0.25, 0.3) is 0 Å². The fourth-order valence-electron chi connectivity index (χ4n) is 2.81. The second kappa shape index (κ2) is 4.81. The second-order valence-electron chi connectivity index (χ2n) is 5.18. The summed E-state index contributed by atoms with van der Waals surface area (Å²) in [6.45, 7) is 7.14. The van der Waals surface area contributed by atoms with Gasteiger partial charge in [-0.3, -0.25) is 4.90 Å². The van der Waals surface area contributed by atoms with Crippen LogP contribution in [0.1, 0.15) is 33.1 Å². The summed E-state index contributed by atoms with van der Waals surface area (Å²) in [5.41, 5.74) is 5.94. The largest absolute Gasteiger partial charge is 0.376 e. The molecule has 3 nitrogen and oxygen atoms in total. The summed E-state index contributed by atoms with van der Waals surface area (Å²) >= 11 is 0. The van der Waals surface area contributed by atoms with Gasteiger partial charge in [-0.05, 0) is 32.6 Å². The Bertz CT molecular complexity index is 206. The van der Waals surface area contributed by atoms with E-state index < -0.39 is 0 Å². The molecule has 0 amide bonds. The highest BCUT2D eigenvalue weighted by atomic mass is 16.5. The van der Waals surface area contributed by atoms with Crippen LogP contribution in [0.4, 0.5) is 0 Å². The van der Waals surface area contributed by atoms with Crippen molar-refractivity contribution in [1.82, 2.24) is 4.90 Å². The predicted molar refractivity (Wildman–Crippen MR) is 61.8 cm³/mol. The van der Waals surface area contributed by atoms with Gasteiger partial charge < -0.3 is 10.5 Å². The van der Waals surface area contributed by atoms with E-state index in [1.807, 2.05) is 0 Å². The molecular formula is C12H24N2O. The van der Waals surface area contributed by atoms with Crippen molar-refractivity contribution in [3.63, 3.8) is 0 Å². The van der Waals surface area contributed by atoms with E-state index in [4.69, 9.17) is 10.5 Å². The SMILES string of the molecule is CC1CN(C(CN)C2CCC2)C(C)CO1. The highest BCUT2D eigenvalue weighted by molar-refractivity contribution is 4.90. The van der Waals surface area contributed by atoms with Gasteiger partial charge in [-0.2, -0.15) is 0 Å². The molecule has 0 aromatic heterocycles. The van der Waals surface area contributed by atoms with Crippen molar-refractivity contribution in [3.05, 3.63) is 0 Å². The molecule has 2 rings (SSSR count). The third kappa shape index (κ3) is 2.35. The monoisotopic (exact) mass is 212 g/mol. The summed E-state index contributed by atoms with van der Waals surface area (Å²) in [6.07, 6.45) is 4.52. The van der Waals surface area contributed by atoms with E-state index in [1.54, 1.807) is 0 Å². The summed E-state index contributed by atoms with van der Waals surface area (Å²) in [5.74, 6) is 0.850. The summed E-state index contributed by atoms with van der Waals surface area (Å²) in [6, 6.07) is 1.13. The third-order valence-electron chi connectivity index (χ3n) is 4.02. The van der Waals surface area contributed by atoms with E-state index in [-0.39, 0.29) is 0 Å². The Labute approximate surface area is 93.0 Å². The Morgan fingerprint density at radius 3 is 2.67 bits per heavy atom. The third-order valence-corrected chi connectivity index (χ3v) is 4.02. The van der Waals surface area contributed by atoms with Crippen LogP contribution < -0.4 is 5.73 Å². The molecule has 3 atom stereocenters. The lowest BCUT2D eigenvalue weighted by atomic mass is 9.78. The lowest BCUT2D eigenvalue weighted by molar-refractivity contribution is -0.0793. The van der Waals surface area contributed by atoms with Crippen LogP contribution in [0.2, 0.25) is 0 Å². The molecule has 15 heavy (non-hydrogen) atoms. The molecule has 88 valence electrons. The Morgan fingerprint density at radius 2 is 2.13 bits per heavy atom. The van der Waals surface area contributed by atoms with Gasteiger partial charge in [-0.15, -0.1) is 0 Å². The molecular weight excluding hydrogens is 188 g/mol. The standard InChI is InChI=1S/C12H24N2O/c1-9-8-15-10(2)7-14(9)12(6-13)11-4-3-5-11/h9-12H,3-8,13H2,1-2H3. The van der Waals surface area contributed by atoms with Crippen molar-refractivity contribution in [3.8, 4) is 0 Å². The molecule has 1 saturated carbocycles. The molecule has 2 fully saturated rings. The van der Waals surface area contributed by atoms with Crippen molar-refractivity contribution in [1.29, 1.82) is 0 Å². The minimum atomic E-state index is 0.371. The molecule has 0 aromatic carbocycles. The maximum atomic E-state index is 5.94. The van der Waals surface area contributed by atoms with E-state index in [1.165, 1.54) is 19.3 Å². The zero-order chi connectivity index (χ0) is 10.8. The fourth-order valence-corrected chi connectivity index (χ4v) is 2.81. The van der Waals surface area contributed by atoms with Crippen LogP contribution >= 0.6 is 0 Å². The van der Waals surface area contributed by atoms with Crippen LogP contribution in [0.5, 0.6) is 0 Å². The number of morpholine rings is 1. The van der Waals surface area contributed by atoms with Gasteiger partial charge in [0.2, 0.25) is 0 Å². The predicted octanol–water partition coefficient (Wildman–Crippen LogP) is 1.22. The Kier molecular flexibility index (Phi) is 3.65. The highest BCUT2D eigenvalue weighted by Crippen LogP contribution is 2.33. The average molecular weight is 212 g/mol. The van der Waals surface area contributed by atoms with E-state index in [9.17, 15) is 0 Å². The van der Waals surface area contributed by atoms with Crippen LogP contribution in [0.3, 0.4) is 0 Å². The molecule has 1 heterocycles. The molecule has 0 spiro atoms. The van der Waals surface area contributed by atoms with Gasteiger partial charge in [0.15, 0.2) is 0 Å². The Balaban J connectivity index is 1.97. The van der Waals surface area contributed by atoms with Gasteiger partial charge in [0.1, 0.15) is 0 Å². The average Bonchev–Trinajstić information content (AvgIpc) is 2.15. The quantitative estimate of drug-likeness (QED) is 0.764. The van der Waals surface area contributed by atoms with Crippen molar-refractivity contribution < 1.29 is 4.74 Å². The number of rotatable bonds is 3. The summed E-state index contributed by atoms with van der Waals surface area (Å²) in [7, 11) is 0. The number of nitrogens with zero attached hydrogens (tertiary/aromatic N) is 1. The smallest absolute Gasteiger partial charge is 0.0674 e. The highest BCUT2D eigenvalue weighted by Gasteiger charge is 2.35. The van der Waals surface area contributed by atoms with Gasteiger partial charge in [-0.25, -0.2) is 0 Å². The molecule has 0 bridgehead atoms. The molecule has 2 aliphatic rings. The number of ether oxygens (including phenoxy) is 1. The van der Waals surface area contributed by atoms with Crippen molar-refractivity contribution in [2.75, 3.05) is 19.7 Å². The number of hydrogen-bond acceptors (Lipinski definition) is 3. The lowest BCUT2D eigenvalue weighted by Gasteiger charge is -2.46. The van der Waals surface area contributed by atoms with Gasteiger partial charge in [0.25, 0.3) is 0 Å². The zero-order valence-corrected chi connectivity index (χ0v) is 9.98. The summed E-state index contributed by atoms with van der Waals surface area (Å²) < 4.78 is 5.66. The normalized spacial score (nSPS) is 36.2. The van der Waals surface area contributed by atoms with Gasteiger partial charge in [0, 0.05) is 25.2 Å². The van der Waals surface area contributed by atoms with Crippen LogP contribution in [-0.2, 0) is 4.74 Å². The molecule has 1 saturated heterocycles. The van der Waals surface area contributed by atoms with Gasteiger partial charge in [0.05, 0.1) is 12.7 Å². The first kappa shape index (κ1) is 11.4. The number of nitrogens with two attached hydrogens (primary N) is 1. The molecule has 1 aliphatic heterocycles. The number of hydrogen-bond donors (Lipinski definition) is 1. The topological polar surface area (TPSA) is 38.5 Å². The lowest BCUT2D eigenvalue weighted by Crippen LogP contribution is -2.57. The molecule has 0 radical (unpaired) electrons. The van der Waals surface area contributed by atoms with E-state index >= 15 is 0 Å². The summed E-state index contributed by atoms with van der Waals surface area (Å²) in [5, 5.41) is 0. The first-order valence-electron chi connectivity index (χ1n) is 6.29. The molecule has 2 N–H and O–H groups in total. The van der Waals surface area contributed by atoms with Crippen molar-refractivity contribution in [2.24, 2.45) is 11.7 Å². The molecule has 3 unspecified atom stereocenters. The van der Waals surface area contributed by atoms with Gasteiger partial charge in [-0.1, -0.05) is 6.42 Å². The second-order valence-corrected chi connectivity index (χ2v) is 5.18. The maximum absolute atomic E-state index is 5.94. The van der Waals surface area contributed by atoms with Crippen LogP contribution in [0, 0.1) is 5.92 Å². The fraction of sp³-hybridized carbons (Fsp3) is 1.00. The first-order valence-corrected chi connectivity index (χ1v) is 6.29. The van der Waals surface area contributed by atoms with Crippen molar-refractivity contribution >= 4 is 0 Å². The molecule has 0 aromatic rings. The van der Waals surface area contributed by atoms with Crippen molar-refractivity contribution in [2.45, 2.75) is 51.3 Å². The summed E-state index contributed by atoms with van der Waals surface area (Å²) in [4.78, 5) is 2.58. The maximum Gasteiger partial charge on any atom is 0.0674 e.